The molecule has 2 N–H and O–H groups in total. The van der Waals surface area contributed by atoms with Gasteiger partial charge in [0.25, 0.3) is 0 Å². The lowest BCUT2D eigenvalue weighted by Crippen LogP contribution is -2.35. The van der Waals surface area contributed by atoms with E-state index < -0.39 is 0 Å². The van der Waals surface area contributed by atoms with Gasteiger partial charge in [-0.15, -0.1) is 0 Å². The van der Waals surface area contributed by atoms with E-state index in [1.54, 1.807) is 6.07 Å². The van der Waals surface area contributed by atoms with Crippen molar-refractivity contribution in [3.05, 3.63) is 35.1 Å². The van der Waals surface area contributed by atoms with Crippen LogP contribution in [0.25, 0.3) is 0 Å². The third kappa shape index (κ3) is 3.30. The van der Waals surface area contributed by atoms with Crippen LogP contribution in [0.2, 0.25) is 0 Å². The molecule has 1 unspecified atom stereocenters. The molecule has 2 nitrogen and oxygen atoms in total. The van der Waals surface area contributed by atoms with Gasteiger partial charge in [-0.3, -0.25) is 4.90 Å². The van der Waals surface area contributed by atoms with Crippen molar-refractivity contribution in [2.24, 2.45) is 11.7 Å². The molecule has 0 amide bonds. The summed E-state index contributed by atoms with van der Waals surface area (Å²) in [5, 5.41) is 0. The number of benzene rings is 1. The summed E-state index contributed by atoms with van der Waals surface area (Å²) in [7, 11) is 0. The maximum absolute atomic E-state index is 13.2. The van der Waals surface area contributed by atoms with E-state index in [0.29, 0.717) is 6.54 Å². The van der Waals surface area contributed by atoms with Crippen LogP contribution in [0.1, 0.15) is 37.3 Å². The molecule has 0 aliphatic carbocycles. The van der Waals surface area contributed by atoms with Crippen molar-refractivity contribution in [2.45, 2.75) is 39.3 Å². The van der Waals surface area contributed by atoms with E-state index in [4.69, 9.17) is 5.73 Å². The number of rotatable bonds is 4. The van der Waals surface area contributed by atoms with Crippen LogP contribution in [0.4, 0.5) is 4.39 Å². The van der Waals surface area contributed by atoms with Gasteiger partial charge in [0.2, 0.25) is 0 Å². The summed E-state index contributed by atoms with van der Waals surface area (Å²) in [4.78, 5) is 2.48. The Hall–Kier alpha value is -0.930. The molecule has 1 aromatic carbocycles. The topological polar surface area (TPSA) is 29.3 Å². The molecular weight excluding hydrogens is 227 g/mol. The van der Waals surface area contributed by atoms with Crippen molar-refractivity contribution >= 4 is 0 Å². The van der Waals surface area contributed by atoms with Crippen LogP contribution in [0, 0.1) is 11.7 Å². The molecule has 1 aliphatic rings. The fourth-order valence-electron chi connectivity index (χ4n) is 2.81. The van der Waals surface area contributed by atoms with Gasteiger partial charge in [0.15, 0.2) is 0 Å². The molecule has 0 aromatic heterocycles. The first-order valence-corrected chi connectivity index (χ1v) is 6.92. The lowest BCUT2D eigenvalue weighted by molar-refractivity contribution is 0.164. The quantitative estimate of drug-likeness (QED) is 0.890. The Morgan fingerprint density at radius 3 is 2.94 bits per heavy atom. The minimum atomic E-state index is -0.190. The van der Waals surface area contributed by atoms with Gasteiger partial charge in [0, 0.05) is 19.6 Å². The van der Waals surface area contributed by atoms with Crippen LogP contribution in [0.3, 0.4) is 0 Å². The zero-order valence-corrected chi connectivity index (χ0v) is 11.2. The Labute approximate surface area is 109 Å². The van der Waals surface area contributed by atoms with Gasteiger partial charge in [-0.2, -0.15) is 0 Å². The van der Waals surface area contributed by atoms with E-state index in [0.717, 1.165) is 31.1 Å². The highest BCUT2D eigenvalue weighted by atomic mass is 19.1. The smallest absolute Gasteiger partial charge is 0.123 e. The highest BCUT2D eigenvalue weighted by Gasteiger charge is 2.19. The van der Waals surface area contributed by atoms with Gasteiger partial charge < -0.3 is 5.73 Å². The Morgan fingerprint density at radius 2 is 2.22 bits per heavy atom. The molecule has 1 heterocycles. The summed E-state index contributed by atoms with van der Waals surface area (Å²) in [6.07, 6.45) is 3.88. The number of nitrogens with two attached hydrogens (primary N) is 1. The van der Waals surface area contributed by atoms with Crippen molar-refractivity contribution in [3.8, 4) is 0 Å². The maximum atomic E-state index is 13.2. The molecule has 1 fully saturated rings. The first kappa shape index (κ1) is 13.5. The second-order valence-electron chi connectivity index (χ2n) is 5.27. The van der Waals surface area contributed by atoms with Crippen LogP contribution in [0.5, 0.6) is 0 Å². The number of hydrogen-bond donors (Lipinski definition) is 1. The average molecular weight is 250 g/mol. The van der Waals surface area contributed by atoms with Crippen molar-refractivity contribution < 1.29 is 4.39 Å². The summed E-state index contributed by atoms with van der Waals surface area (Å²) >= 11 is 0. The molecule has 0 spiro atoms. The summed E-state index contributed by atoms with van der Waals surface area (Å²) in [6, 6.07) is 4.99. The van der Waals surface area contributed by atoms with Crippen LogP contribution >= 0.6 is 0 Å². The van der Waals surface area contributed by atoms with Crippen LogP contribution in [-0.2, 0) is 13.1 Å². The van der Waals surface area contributed by atoms with Gasteiger partial charge in [-0.1, -0.05) is 19.4 Å². The van der Waals surface area contributed by atoms with E-state index in [2.05, 4.69) is 11.8 Å². The molecule has 1 atom stereocenters. The lowest BCUT2D eigenvalue weighted by Gasteiger charge is -2.32. The highest BCUT2D eigenvalue weighted by molar-refractivity contribution is 5.27. The van der Waals surface area contributed by atoms with Crippen LogP contribution < -0.4 is 5.73 Å². The Morgan fingerprint density at radius 1 is 1.39 bits per heavy atom. The SMILES string of the molecule is CCC1CCCN(Cc2ccc(F)cc2CN)C1. The van der Waals surface area contributed by atoms with E-state index >= 15 is 0 Å². The zero-order valence-electron chi connectivity index (χ0n) is 11.2. The van der Waals surface area contributed by atoms with E-state index in [-0.39, 0.29) is 5.82 Å². The molecule has 18 heavy (non-hydrogen) atoms. The molecule has 3 heteroatoms. The third-order valence-corrected chi connectivity index (χ3v) is 3.96. The minimum Gasteiger partial charge on any atom is -0.326 e. The zero-order chi connectivity index (χ0) is 13.0. The minimum absolute atomic E-state index is 0.190. The fourth-order valence-corrected chi connectivity index (χ4v) is 2.81. The Bertz CT molecular complexity index is 392. The first-order chi connectivity index (χ1) is 8.72. The standard InChI is InChI=1S/C15H23FN2/c1-2-12-4-3-7-18(10-12)11-13-5-6-15(16)8-14(13)9-17/h5-6,8,12H,2-4,7,9-11,17H2,1H3. The predicted octanol–water partition coefficient (Wildman–Crippen LogP) is 2.91. The number of nitrogens with zero attached hydrogens (tertiary/aromatic N) is 1. The van der Waals surface area contributed by atoms with Crippen molar-refractivity contribution in [3.63, 3.8) is 0 Å². The number of piperidine rings is 1. The van der Waals surface area contributed by atoms with Crippen molar-refractivity contribution in [2.75, 3.05) is 13.1 Å². The average Bonchev–Trinajstić information content (AvgIpc) is 2.41. The molecule has 0 radical (unpaired) electrons. The van der Waals surface area contributed by atoms with Gasteiger partial charge in [0.1, 0.15) is 5.82 Å². The molecule has 100 valence electrons. The summed E-state index contributed by atoms with van der Waals surface area (Å²) in [6.45, 7) is 5.90. The molecule has 1 aromatic rings. The number of likely N-dealkylation sites (tertiary alicyclic amines) is 1. The first-order valence-electron chi connectivity index (χ1n) is 6.92. The van der Waals surface area contributed by atoms with E-state index in [9.17, 15) is 4.39 Å². The Kier molecular flexibility index (Phi) is 4.72. The summed E-state index contributed by atoms with van der Waals surface area (Å²) in [5.41, 5.74) is 7.81. The maximum Gasteiger partial charge on any atom is 0.123 e. The predicted molar refractivity (Wildman–Crippen MR) is 72.6 cm³/mol. The molecule has 1 saturated heterocycles. The van der Waals surface area contributed by atoms with Gasteiger partial charge in [-0.05, 0) is 48.6 Å². The van der Waals surface area contributed by atoms with E-state index in [1.807, 2.05) is 6.07 Å². The summed E-state index contributed by atoms with van der Waals surface area (Å²) < 4.78 is 13.2. The number of halogens is 1. The molecular formula is C15H23FN2. The second-order valence-corrected chi connectivity index (χ2v) is 5.27. The van der Waals surface area contributed by atoms with Gasteiger partial charge >= 0.3 is 0 Å². The lowest BCUT2D eigenvalue weighted by atomic mass is 9.95. The largest absolute Gasteiger partial charge is 0.326 e. The monoisotopic (exact) mass is 250 g/mol. The normalized spacial score (nSPS) is 21.2. The van der Waals surface area contributed by atoms with Crippen LogP contribution in [-0.4, -0.2) is 18.0 Å². The molecule has 0 saturated carbocycles. The summed E-state index contributed by atoms with van der Waals surface area (Å²) in [5.74, 6) is 0.629. The molecule has 2 rings (SSSR count). The van der Waals surface area contributed by atoms with Crippen LogP contribution in [0.15, 0.2) is 18.2 Å². The third-order valence-electron chi connectivity index (χ3n) is 3.96. The molecule has 1 aliphatic heterocycles. The fraction of sp³-hybridized carbons (Fsp3) is 0.600. The van der Waals surface area contributed by atoms with Crippen molar-refractivity contribution in [1.82, 2.24) is 4.90 Å². The van der Waals surface area contributed by atoms with Gasteiger partial charge in [-0.25, -0.2) is 4.39 Å². The van der Waals surface area contributed by atoms with Gasteiger partial charge in [0.05, 0.1) is 0 Å². The second kappa shape index (κ2) is 6.30. The van der Waals surface area contributed by atoms with E-state index in [1.165, 1.54) is 30.9 Å². The van der Waals surface area contributed by atoms with Crippen molar-refractivity contribution in [1.29, 1.82) is 0 Å². The Balaban J connectivity index is 2.04. The highest BCUT2D eigenvalue weighted by Crippen LogP contribution is 2.22. The molecule has 0 bridgehead atoms. The number of hydrogen-bond acceptors (Lipinski definition) is 2.